The Hall–Kier alpha value is -1.40. The summed E-state index contributed by atoms with van der Waals surface area (Å²) in [7, 11) is 0. The van der Waals surface area contributed by atoms with E-state index in [0.717, 1.165) is 18.2 Å². The lowest BCUT2D eigenvalue weighted by Gasteiger charge is -2.13. The summed E-state index contributed by atoms with van der Waals surface area (Å²) in [5.41, 5.74) is -2.40. The molecule has 0 aromatic heterocycles. The van der Waals surface area contributed by atoms with Crippen LogP contribution in [0.15, 0.2) is 36.4 Å². The summed E-state index contributed by atoms with van der Waals surface area (Å²) in [5.74, 6) is 0. The van der Waals surface area contributed by atoms with Crippen molar-refractivity contribution in [3.63, 3.8) is 0 Å². The Balaban J connectivity index is 2.64. The Morgan fingerprint density at radius 3 is 1.82 bits per heavy atom. The molecule has 0 spiro atoms. The normalized spacial score (nSPS) is 12.5. The minimum absolute atomic E-state index is 0.108. The van der Waals surface area contributed by atoms with E-state index >= 15 is 0 Å². The molecule has 0 unspecified atom stereocenters. The van der Waals surface area contributed by atoms with Crippen molar-refractivity contribution in [2.75, 3.05) is 0 Å². The van der Waals surface area contributed by atoms with E-state index in [0.29, 0.717) is 18.2 Å². The average molecular weight is 359 g/mol. The van der Waals surface area contributed by atoms with Crippen molar-refractivity contribution >= 4 is 23.2 Å². The minimum atomic E-state index is -4.67. The van der Waals surface area contributed by atoms with Crippen LogP contribution in [0.3, 0.4) is 0 Å². The second-order valence-corrected chi connectivity index (χ2v) is 5.26. The predicted molar refractivity (Wildman–Crippen MR) is 71.9 cm³/mol. The van der Waals surface area contributed by atoms with Crippen LogP contribution in [0, 0.1) is 0 Å². The smallest absolute Gasteiger partial charge is 0.166 e. The fraction of sp³-hybridized carbons (Fsp3) is 0.143. The van der Waals surface area contributed by atoms with Crippen LogP contribution in [0.5, 0.6) is 0 Å². The molecular weight excluding hydrogens is 353 g/mol. The molecule has 118 valence electrons. The molecule has 2 aromatic carbocycles. The summed E-state index contributed by atoms with van der Waals surface area (Å²) in [6.45, 7) is 0. The van der Waals surface area contributed by atoms with E-state index in [1.165, 1.54) is 0 Å². The standard InChI is InChI=1S/C14H6Cl2F6/c15-10-4-7(3-9(5-10)14(20,21)22)11-6-8(13(17,18)19)1-2-12(11)16/h1-6H. The highest BCUT2D eigenvalue weighted by molar-refractivity contribution is 6.34. The highest BCUT2D eigenvalue weighted by atomic mass is 35.5. The Morgan fingerprint density at radius 1 is 0.682 bits per heavy atom. The van der Waals surface area contributed by atoms with Crippen LogP contribution < -0.4 is 0 Å². The maximum Gasteiger partial charge on any atom is 0.416 e. The van der Waals surface area contributed by atoms with Crippen molar-refractivity contribution in [2.24, 2.45) is 0 Å². The van der Waals surface area contributed by atoms with Crippen LogP contribution >= 0.6 is 23.2 Å². The topological polar surface area (TPSA) is 0 Å². The van der Waals surface area contributed by atoms with Gasteiger partial charge in [0, 0.05) is 15.6 Å². The predicted octanol–water partition coefficient (Wildman–Crippen LogP) is 6.70. The highest BCUT2D eigenvalue weighted by Gasteiger charge is 2.33. The number of hydrogen-bond acceptors (Lipinski definition) is 0. The van der Waals surface area contributed by atoms with Crippen LogP contribution in [0.1, 0.15) is 11.1 Å². The van der Waals surface area contributed by atoms with Crippen molar-refractivity contribution in [1.29, 1.82) is 0 Å². The molecule has 0 atom stereocenters. The van der Waals surface area contributed by atoms with E-state index in [1.54, 1.807) is 0 Å². The van der Waals surface area contributed by atoms with Gasteiger partial charge in [0.05, 0.1) is 11.1 Å². The van der Waals surface area contributed by atoms with E-state index in [9.17, 15) is 26.3 Å². The van der Waals surface area contributed by atoms with Crippen LogP contribution in [0.2, 0.25) is 10.0 Å². The summed E-state index contributed by atoms with van der Waals surface area (Å²) < 4.78 is 76.4. The number of benzene rings is 2. The first kappa shape index (κ1) is 17.0. The van der Waals surface area contributed by atoms with E-state index in [1.807, 2.05) is 0 Å². The van der Waals surface area contributed by atoms with Gasteiger partial charge in [0.1, 0.15) is 0 Å². The fourth-order valence-corrected chi connectivity index (χ4v) is 2.29. The Kier molecular flexibility index (Phi) is 4.37. The zero-order chi connectivity index (χ0) is 16.7. The Morgan fingerprint density at radius 2 is 1.27 bits per heavy atom. The minimum Gasteiger partial charge on any atom is -0.166 e. The summed E-state index contributed by atoms with van der Waals surface area (Å²) >= 11 is 11.4. The molecule has 0 radical (unpaired) electrons. The summed E-state index contributed by atoms with van der Waals surface area (Å²) in [6, 6.07) is 4.93. The molecule has 0 fully saturated rings. The van der Waals surface area contributed by atoms with E-state index < -0.39 is 23.5 Å². The van der Waals surface area contributed by atoms with Gasteiger partial charge < -0.3 is 0 Å². The van der Waals surface area contributed by atoms with Gasteiger partial charge in [0.25, 0.3) is 0 Å². The van der Waals surface area contributed by atoms with Crippen molar-refractivity contribution in [1.82, 2.24) is 0 Å². The zero-order valence-corrected chi connectivity index (χ0v) is 12.0. The molecule has 0 nitrogen and oxygen atoms in total. The first-order chi connectivity index (χ1) is 9.98. The molecule has 0 N–H and O–H groups in total. The van der Waals surface area contributed by atoms with Gasteiger partial charge in [-0.15, -0.1) is 0 Å². The second kappa shape index (κ2) is 5.66. The molecule has 0 amide bonds. The molecule has 0 bridgehead atoms. The van der Waals surface area contributed by atoms with Crippen molar-refractivity contribution < 1.29 is 26.3 Å². The molecular formula is C14H6Cl2F6. The maximum absolute atomic E-state index is 12.8. The zero-order valence-electron chi connectivity index (χ0n) is 10.5. The van der Waals surface area contributed by atoms with Crippen LogP contribution in [0.4, 0.5) is 26.3 Å². The lowest BCUT2D eigenvalue weighted by Crippen LogP contribution is -2.06. The lowest BCUT2D eigenvalue weighted by atomic mass is 10.0. The molecule has 0 aliphatic carbocycles. The van der Waals surface area contributed by atoms with E-state index in [4.69, 9.17) is 23.2 Å². The van der Waals surface area contributed by atoms with Gasteiger partial charge >= 0.3 is 12.4 Å². The Labute approximate surface area is 131 Å². The van der Waals surface area contributed by atoms with Gasteiger partial charge in [-0.25, -0.2) is 0 Å². The van der Waals surface area contributed by atoms with Crippen molar-refractivity contribution in [3.8, 4) is 11.1 Å². The molecule has 0 saturated heterocycles. The first-order valence-corrected chi connectivity index (χ1v) is 6.49. The monoisotopic (exact) mass is 358 g/mol. The highest BCUT2D eigenvalue weighted by Crippen LogP contribution is 2.39. The third-order valence-corrected chi connectivity index (χ3v) is 3.38. The van der Waals surface area contributed by atoms with Gasteiger partial charge in [-0.3, -0.25) is 0 Å². The summed E-state index contributed by atoms with van der Waals surface area (Å²) in [4.78, 5) is 0. The van der Waals surface area contributed by atoms with Crippen LogP contribution in [-0.2, 0) is 12.4 Å². The third kappa shape index (κ3) is 3.67. The van der Waals surface area contributed by atoms with Crippen molar-refractivity contribution in [3.05, 3.63) is 57.6 Å². The van der Waals surface area contributed by atoms with Gasteiger partial charge in [-0.1, -0.05) is 23.2 Å². The number of hydrogen-bond donors (Lipinski definition) is 0. The third-order valence-electron chi connectivity index (χ3n) is 2.83. The molecule has 0 saturated carbocycles. The Bertz CT molecular complexity index is 703. The molecule has 2 aromatic rings. The van der Waals surface area contributed by atoms with Gasteiger partial charge in [-0.05, 0) is 42.0 Å². The summed E-state index contributed by atoms with van der Waals surface area (Å²) in [5, 5.41) is -0.360. The van der Waals surface area contributed by atoms with Crippen LogP contribution in [-0.4, -0.2) is 0 Å². The molecule has 22 heavy (non-hydrogen) atoms. The van der Waals surface area contributed by atoms with Crippen molar-refractivity contribution in [2.45, 2.75) is 12.4 Å². The number of rotatable bonds is 1. The average Bonchev–Trinajstić information content (AvgIpc) is 2.36. The van der Waals surface area contributed by atoms with Crippen LogP contribution in [0.25, 0.3) is 11.1 Å². The number of alkyl halides is 6. The lowest BCUT2D eigenvalue weighted by molar-refractivity contribution is -0.138. The molecule has 0 heterocycles. The van der Waals surface area contributed by atoms with Gasteiger partial charge in [0.15, 0.2) is 0 Å². The fourth-order valence-electron chi connectivity index (χ4n) is 1.83. The quantitative estimate of drug-likeness (QED) is 0.497. The molecule has 0 aliphatic heterocycles. The number of halogens is 8. The van der Waals surface area contributed by atoms with E-state index in [-0.39, 0.29) is 21.2 Å². The first-order valence-electron chi connectivity index (χ1n) is 5.73. The molecule has 0 aliphatic rings. The second-order valence-electron chi connectivity index (χ2n) is 4.42. The maximum atomic E-state index is 12.8. The molecule has 2 rings (SSSR count). The SMILES string of the molecule is FC(F)(F)c1cc(Cl)cc(-c2cc(C(F)(F)F)ccc2Cl)c1. The molecule has 8 heteroatoms. The largest absolute Gasteiger partial charge is 0.416 e. The van der Waals surface area contributed by atoms with E-state index in [2.05, 4.69) is 0 Å². The van der Waals surface area contributed by atoms with Gasteiger partial charge in [-0.2, -0.15) is 26.3 Å². The van der Waals surface area contributed by atoms with Gasteiger partial charge in [0.2, 0.25) is 0 Å². The summed E-state index contributed by atoms with van der Waals surface area (Å²) in [6.07, 6.45) is -9.31.